The Balaban J connectivity index is 1.93. The van der Waals surface area contributed by atoms with Crippen LogP contribution in [0.2, 0.25) is 0 Å². The normalized spacial score (nSPS) is 15.2. The second kappa shape index (κ2) is 8.31. The minimum absolute atomic E-state index is 0.186. The molecule has 0 saturated carbocycles. The van der Waals surface area contributed by atoms with Crippen LogP contribution in [-0.2, 0) is 9.59 Å². The molecule has 0 saturated heterocycles. The van der Waals surface area contributed by atoms with E-state index in [-0.39, 0.29) is 17.4 Å². The van der Waals surface area contributed by atoms with Crippen molar-refractivity contribution in [2.45, 2.75) is 26.2 Å². The fourth-order valence-corrected chi connectivity index (χ4v) is 3.61. The van der Waals surface area contributed by atoms with E-state index in [2.05, 4.69) is 13.0 Å². The standard InChI is InChI=1S/C21H20O5S/c1-4-27-21-19(15-5-8-17(9-6-15)24-13(2)22)11-16-7-10-18(25-14(3)23)12-20(16)26-21/h5-12,21H,4H2,1-3H3. The van der Waals surface area contributed by atoms with Crippen molar-refractivity contribution in [2.24, 2.45) is 0 Å². The van der Waals surface area contributed by atoms with E-state index in [9.17, 15) is 9.59 Å². The van der Waals surface area contributed by atoms with Crippen molar-refractivity contribution in [1.29, 1.82) is 0 Å². The fourth-order valence-electron chi connectivity index (χ4n) is 2.76. The molecule has 1 unspecified atom stereocenters. The molecule has 0 aromatic heterocycles. The minimum atomic E-state index is -0.366. The van der Waals surface area contributed by atoms with Crippen LogP contribution in [0.25, 0.3) is 11.6 Å². The Hall–Kier alpha value is -2.73. The molecule has 0 N–H and O–H groups in total. The number of rotatable bonds is 5. The van der Waals surface area contributed by atoms with Crippen LogP contribution in [0.3, 0.4) is 0 Å². The summed E-state index contributed by atoms with van der Waals surface area (Å²) in [5, 5.41) is 0. The summed E-state index contributed by atoms with van der Waals surface area (Å²) in [5.74, 6) is 1.82. The zero-order chi connectivity index (χ0) is 19.4. The third-order valence-electron chi connectivity index (χ3n) is 3.81. The molecule has 0 spiro atoms. The van der Waals surface area contributed by atoms with Gasteiger partial charge in [-0.25, -0.2) is 0 Å². The van der Waals surface area contributed by atoms with Crippen LogP contribution in [0, 0.1) is 0 Å². The number of carbonyl (C=O) groups excluding carboxylic acids is 2. The van der Waals surface area contributed by atoms with Crippen LogP contribution < -0.4 is 14.2 Å². The van der Waals surface area contributed by atoms with E-state index < -0.39 is 0 Å². The van der Waals surface area contributed by atoms with E-state index in [0.717, 1.165) is 22.5 Å². The summed E-state index contributed by atoms with van der Waals surface area (Å²) in [6.07, 6.45) is 2.07. The number of hydrogen-bond donors (Lipinski definition) is 0. The summed E-state index contributed by atoms with van der Waals surface area (Å²) in [6, 6.07) is 12.7. The average Bonchev–Trinajstić information content (AvgIpc) is 2.61. The maximum absolute atomic E-state index is 11.2. The molecule has 0 bridgehead atoms. The monoisotopic (exact) mass is 384 g/mol. The Labute approximate surface area is 162 Å². The first kappa shape index (κ1) is 19.0. The molecule has 140 valence electrons. The van der Waals surface area contributed by atoms with Gasteiger partial charge in [0.05, 0.1) is 0 Å². The lowest BCUT2D eigenvalue weighted by molar-refractivity contribution is -0.132. The van der Waals surface area contributed by atoms with Crippen LogP contribution >= 0.6 is 11.8 Å². The highest BCUT2D eigenvalue weighted by atomic mass is 32.2. The molecule has 1 atom stereocenters. The molecule has 0 radical (unpaired) electrons. The van der Waals surface area contributed by atoms with Crippen LogP contribution in [-0.4, -0.2) is 23.1 Å². The summed E-state index contributed by atoms with van der Waals surface area (Å²) in [4.78, 5) is 22.2. The lowest BCUT2D eigenvalue weighted by Crippen LogP contribution is -2.19. The first-order chi connectivity index (χ1) is 13.0. The molecule has 6 heteroatoms. The maximum atomic E-state index is 11.2. The molecule has 27 heavy (non-hydrogen) atoms. The number of ether oxygens (including phenoxy) is 3. The second-order valence-corrected chi connectivity index (χ2v) is 7.25. The quantitative estimate of drug-likeness (QED) is 0.557. The Kier molecular flexibility index (Phi) is 5.86. The highest BCUT2D eigenvalue weighted by Crippen LogP contribution is 2.40. The zero-order valence-electron chi connectivity index (χ0n) is 15.4. The average molecular weight is 384 g/mol. The number of carbonyl (C=O) groups is 2. The topological polar surface area (TPSA) is 61.8 Å². The van der Waals surface area contributed by atoms with E-state index in [1.54, 1.807) is 36.0 Å². The van der Waals surface area contributed by atoms with Gasteiger partial charge >= 0.3 is 11.9 Å². The molecular formula is C21H20O5S. The third kappa shape index (κ3) is 4.71. The number of benzene rings is 2. The molecule has 2 aromatic rings. The zero-order valence-corrected chi connectivity index (χ0v) is 16.2. The van der Waals surface area contributed by atoms with Gasteiger partial charge in [0, 0.05) is 31.1 Å². The lowest BCUT2D eigenvalue weighted by Gasteiger charge is -2.27. The van der Waals surface area contributed by atoms with Crippen molar-refractivity contribution in [1.82, 2.24) is 0 Å². The molecule has 1 aliphatic rings. The largest absolute Gasteiger partial charge is 0.474 e. The van der Waals surface area contributed by atoms with Crippen LogP contribution in [0.1, 0.15) is 31.9 Å². The van der Waals surface area contributed by atoms with Gasteiger partial charge in [0.2, 0.25) is 0 Å². The predicted octanol–water partition coefficient (Wildman–Crippen LogP) is 4.55. The van der Waals surface area contributed by atoms with E-state index in [1.165, 1.54) is 13.8 Å². The molecule has 2 aromatic carbocycles. The van der Waals surface area contributed by atoms with Gasteiger partial charge in [-0.3, -0.25) is 9.59 Å². The second-order valence-electron chi connectivity index (χ2n) is 5.92. The minimum Gasteiger partial charge on any atom is -0.474 e. The summed E-state index contributed by atoms with van der Waals surface area (Å²) < 4.78 is 16.4. The number of fused-ring (bicyclic) bond motifs is 1. The highest BCUT2D eigenvalue weighted by Gasteiger charge is 2.24. The van der Waals surface area contributed by atoms with Gasteiger partial charge in [-0.2, -0.15) is 0 Å². The van der Waals surface area contributed by atoms with Crippen LogP contribution in [0.5, 0.6) is 17.2 Å². The van der Waals surface area contributed by atoms with Crippen molar-refractivity contribution in [2.75, 3.05) is 5.75 Å². The SMILES string of the molecule is CCSC1Oc2cc(OC(C)=O)ccc2C=C1c1ccc(OC(C)=O)cc1. The Morgan fingerprint density at radius 1 is 1.00 bits per heavy atom. The smallest absolute Gasteiger partial charge is 0.308 e. The van der Waals surface area contributed by atoms with Gasteiger partial charge in [0.25, 0.3) is 0 Å². The Bertz CT molecular complexity index is 886. The fraction of sp³-hybridized carbons (Fsp3) is 0.238. The Morgan fingerprint density at radius 2 is 1.63 bits per heavy atom. The van der Waals surface area contributed by atoms with Gasteiger partial charge in [0.15, 0.2) is 5.44 Å². The molecular weight excluding hydrogens is 364 g/mol. The van der Waals surface area contributed by atoms with E-state index in [1.807, 2.05) is 18.2 Å². The highest BCUT2D eigenvalue weighted by molar-refractivity contribution is 8.00. The predicted molar refractivity (Wildman–Crippen MR) is 106 cm³/mol. The van der Waals surface area contributed by atoms with Crippen molar-refractivity contribution in [3.63, 3.8) is 0 Å². The van der Waals surface area contributed by atoms with Crippen molar-refractivity contribution in [3.05, 3.63) is 53.6 Å². The van der Waals surface area contributed by atoms with Crippen molar-refractivity contribution >= 4 is 35.3 Å². The van der Waals surface area contributed by atoms with Crippen molar-refractivity contribution in [3.8, 4) is 17.2 Å². The first-order valence-corrected chi connectivity index (χ1v) is 9.62. The van der Waals surface area contributed by atoms with Crippen molar-refractivity contribution < 1.29 is 23.8 Å². The molecule has 0 amide bonds. The van der Waals surface area contributed by atoms with Gasteiger partial charge in [-0.05, 0) is 41.7 Å². The summed E-state index contributed by atoms with van der Waals surface area (Å²) in [6.45, 7) is 4.81. The maximum Gasteiger partial charge on any atom is 0.308 e. The van der Waals surface area contributed by atoms with Gasteiger partial charge in [-0.15, -0.1) is 11.8 Å². The van der Waals surface area contributed by atoms with Gasteiger partial charge in [0.1, 0.15) is 17.2 Å². The third-order valence-corrected chi connectivity index (χ3v) is 4.80. The Morgan fingerprint density at radius 3 is 2.26 bits per heavy atom. The molecule has 5 nitrogen and oxygen atoms in total. The molecule has 0 aliphatic carbocycles. The summed E-state index contributed by atoms with van der Waals surface area (Å²) >= 11 is 1.67. The number of hydrogen-bond acceptors (Lipinski definition) is 6. The molecule has 0 fully saturated rings. The lowest BCUT2D eigenvalue weighted by atomic mass is 10.0. The summed E-state index contributed by atoms with van der Waals surface area (Å²) in [7, 11) is 0. The first-order valence-electron chi connectivity index (χ1n) is 8.57. The van der Waals surface area contributed by atoms with E-state index in [4.69, 9.17) is 14.2 Å². The summed E-state index contributed by atoms with van der Waals surface area (Å²) in [5.41, 5.74) is 2.75. The molecule has 1 aliphatic heterocycles. The molecule has 1 heterocycles. The number of esters is 2. The van der Waals surface area contributed by atoms with E-state index >= 15 is 0 Å². The number of thioether (sulfide) groups is 1. The van der Waals surface area contributed by atoms with Crippen LogP contribution in [0.4, 0.5) is 0 Å². The van der Waals surface area contributed by atoms with Gasteiger partial charge < -0.3 is 14.2 Å². The molecule has 3 rings (SSSR count). The van der Waals surface area contributed by atoms with E-state index in [0.29, 0.717) is 17.2 Å². The van der Waals surface area contributed by atoms with Gasteiger partial charge in [-0.1, -0.05) is 19.1 Å². The van der Waals surface area contributed by atoms with Crippen LogP contribution in [0.15, 0.2) is 42.5 Å².